The maximum Gasteiger partial charge on any atom is 0.222 e. The van der Waals surface area contributed by atoms with E-state index in [-0.39, 0.29) is 0 Å². The smallest absolute Gasteiger partial charge is 0.222 e. The minimum atomic E-state index is 0.364. The molecule has 1 N–H and O–H groups in total. The molecular formula is C14H28N2O. The Morgan fingerprint density at radius 2 is 2.00 bits per heavy atom. The zero-order chi connectivity index (χ0) is 12.5. The van der Waals surface area contributed by atoms with Gasteiger partial charge >= 0.3 is 0 Å². The quantitative estimate of drug-likeness (QED) is 0.628. The van der Waals surface area contributed by atoms with Crippen LogP contribution in [0.5, 0.6) is 0 Å². The molecule has 1 saturated heterocycles. The molecule has 1 unspecified atom stereocenters. The van der Waals surface area contributed by atoms with Crippen molar-refractivity contribution in [3.8, 4) is 0 Å². The molecule has 100 valence electrons. The minimum absolute atomic E-state index is 0.364. The van der Waals surface area contributed by atoms with Crippen LogP contribution in [0, 0.1) is 5.92 Å². The summed E-state index contributed by atoms with van der Waals surface area (Å²) in [6.45, 7) is 8.29. The first-order valence-corrected chi connectivity index (χ1v) is 7.26. The molecular weight excluding hydrogens is 212 g/mol. The molecule has 1 heterocycles. The van der Waals surface area contributed by atoms with Crippen LogP contribution in [-0.2, 0) is 4.79 Å². The first-order valence-electron chi connectivity index (χ1n) is 7.26. The molecule has 0 radical (unpaired) electrons. The molecule has 1 aliphatic rings. The Morgan fingerprint density at radius 1 is 1.24 bits per heavy atom. The number of amides is 1. The van der Waals surface area contributed by atoms with Gasteiger partial charge in [-0.25, -0.2) is 0 Å². The summed E-state index contributed by atoms with van der Waals surface area (Å²) in [6, 6.07) is 0. The number of unbranched alkanes of at least 4 members (excludes halogenated alkanes) is 4. The highest BCUT2D eigenvalue weighted by molar-refractivity contribution is 5.78. The van der Waals surface area contributed by atoms with Gasteiger partial charge in [-0.05, 0) is 18.9 Å². The Labute approximate surface area is 106 Å². The second-order valence-electron chi connectivity index (χ2n) is 5.13. The van der Waals surface area contributed by atoms with Crippen molar-refractivity contribution < 1.29 is 4.79 Å². The van der Waals surface area contributed by atoms with Crippen molar-refractivity contribution >= 4 is 5.91 Å². The lowest BCUT2D eigenvalue weighted by atomic mass is 10.1. The van der Waals surface area contributed by atoms with Gasteiger partial charge in [0.2, 0.25) is 5.91 Å². The molecule has 1 aliphatic heterocycles. The molecule has 1 amide bonds. The Kier molecular flexibility index (Phi) is 7.25. The van der Waals surface area contributed by atoms with Gasteiger partial charge < -0.3 is 10.2 Å². The first-order chi connectivity index (χ1) is 8.27. The number of nitrogens with one attached hydrogen (secondary N) is 1. The van der Waals surface area contributed by atoms with E-state index >= 15 is 0 Å². The van der Waals surface area contributed by atoms with Crippen molar-refractivity contribution in [2.75, 3.05) is 26.2 Å². The highest BCUT2D eigenvalue weighted by Gasteiger charge is 2.28. The van der Waals surface area contributed by atoms with E-state index < -0.39 is 0 Å². The fraction of sp³-hybridized carbons (Fsp3) is 0.929. The summed E-state index contributed by atoms with van der Waals surface area (Å²) < 4.78 is 0. The second-order valence-corrected chi connectivity index (χ2v) is 5.13. The summed E-state index contributed by atoms with van der Waals surface area (Å²) >= 11 is 0. The maximum atomic E-state index is 11.8. The molecule has 0 bridgehead atoms. The molecule has 0 spiro atoms. The summed E-state index contributed by atoms with van der Waals surface area (Å²) in [5, 5.41) is 3.34. The van der Waals surface area contributed by atoms with E-state index in [4.69, 9.17) is 0 Å². The van der Waals surface area contributed by atoms with Gasteiger partial charge in [0.05, 0.1) is 0 Å². The average molecular weight is 240 g/mol. The lowest BCUT2D eigenvalue weighted by Crippen LogP contribution is -2.28. The second kappa shape index (κ2) is 8.51. The van der Waals surface area contributed by atoms with Crippen LogP contribution in [0.25, 0.3) is 0 Å². The van der Waals surface area contributed by atoms with Gasteiger partial charge in [-0.1, -0.05) is 39.5 Å². The van der Waals surface area contributed by atoms with Gasteiger partial charge in [0.25, 0.3) is 0 Å². The zero-order valence-electron chi connectivity index (χ0n) is 11.5. The van der Waals surface area contributed by atoms with Crippen LogP contribution < -0.4 is 5.32 Å². The van der Waals surface area contributed by atoms with Gasteiger partial charge in [0.15, 0.2) is 0 Å². The summed E-state index contributed by atoms with van der Waals surface area (Å²) in [7, 11) is 0. The van der Waals surface area contributed by atoms with Gasteiger partial charge in [-0.15, -0.1) is 0 Å². The largest absolute Gasteiger partial charge is 0.342 e. The molecule has 0 aliphatic carbocycles. The third-order valence-electron chi connectivity index (χ3n) is 3.51. The number of nitrogens with zero attached hydrogens (tertiary/aromatic N) is 1. The van der Waals surface area contributed by atoms with E-state index in [0.29, 0.717) is 11.8 Å². The van der Waals surface area contributed by atoms with Crippen molar-refractivity contribution in [1.29, 1.82) is 0 Å². The lowest BCUT2D eigenvalue weighted by molar-refractivity contribution is -0.127. The van der Waals surface area contributed by atoms with Gasteiger partial charge in [0.1, 0.15) is 0 Å². The fourth-order valence-electron chi connectivity index (χ4n) is 2.46. The van der Waals surface area contributed by atoms with E-state index in [0.717, 1.165) is 32.6 Å². The van der Waals surface area contributed by atoms with E-state index in [1.165, 1.54) is 32.1 Å². The van der Waals surface area contributed by atoms with Gasteiger partial charge in [0, 0.05) is 26.1 Å². The van der Waals surface area contributed by atoms with Gasteiger partial charge in [-0.2, -0.15) is 0 Å². The van der Waals surface area contributed by atoms with Gasteiger partial charge in [-0.3, -0.25) is 4.79 Å². The van der Waals surface area contributed by atoms with E-state index in [2.05, 4.69) is 24.1 Å². The summed E-state index contributed by atoms with van der Waals surface area (Å²) in [5.41, 5.74) is 0. The first kappa shape index (κ1) is 14.5. The standard InChI is InChI=1S/C14H28N2O/c1-3-5-6-7-8-9-16-12-13(10-14(16)17)11-15-4-2/h13,15H,3-12H2,1-2H3. The number of rotatable bonds is 9. The molecule has 1 rings (SSSR count). The molecule has 3 nitrogen and oxygen atoms in total. The molecule has 3 heteroatoms. The van der Waals surface area contributed by atoms with Crippen molar-refractivity contribution in [1.82, 2.24) is 10.2 Å². The normalized spacial score (nSPS) is 20.2. The van der Waals surface area contributed by atoms with Crippen molar-refractivity contribution in [3.63, 3.8) is 0 Å². The predicted octanol–water partition coefficient (Wildman–Crippen LogP) is 2.41. The molecule has 0 saturated carbocycles. The third kappa shape index (κ3) is 5.53. The lowest BCUT2D eigenvalue weighted by Gasteiger charge is -2.16. The van der Waals surface area contributed by atoms with Crippen molar-refractivity contribution in [2.45, 2.75) is 52.4 Å². The van der Waals surface area contributed by atoms with Crippen LogP contribution in [-0.4, -0.2) is 37.0 Å². The zero-order valence-corrected chi connectivity index (χ0v) is 11.5. The monoisotopic (exact) mass is 240 g/mol. The van der Waals surface area contributed by atoms with Crippen LogP contribution in [0.3, 0.4) is 0 Å². The number of carbonyl (C=O) groups excluding carboxylic acids is 1. The van der Waals surface area contributed by atoms with Crippen molar-refractivity contribution in [2.24, 2.45) is 5.92 Å². The fourth-order valence-corrected chi connectivity index (χ4v) is 2.46. The number of hydrogen-bond acceptors (Lipinski definition) is 2. The molecule has 1 atom stereocenters. The number of likely N-dealkylation sites (tertiary alicyclic amines) is 1. The van der Waals surface area contributed by atoms with E-state index in [1.54, 1.807) is 0 Å². The Morgan fingerprint density at radius 3 is 2.71 bits per heavy atom. The third-order valence-corrected chi connectivity index (χ3v) is 3.51. The SMILES string of the molecule is CCCCCCCN1CC(CNCC)CC1=O. The molecule has 0 aromatic rings. The molecule has 0 aromatic carbocycles. The summed E-state index contributed by atoms with van der Waals surface area (Å²) in [5.74, 6) is 0.904. The van der Waals surface area contributed by atoms with E-state index in [9.17, 15) is 4.79 Å². The summed E-state index contributed by atoms with van der Waals surface area (Å²) in [6.07, 6.45) is 7.14. The predicted molar refractivity (Wildman–Crippen MR) is 72.0 cm³/mol. The Bertz CT molecular complexity index is 218. The highest BCUT2D eigenvalue weighted by atomic mass is 16.2. The van der Waals surface area contributed by atoms with Crippen LogP contribution >= 0.6 is 0 Å². The average Bonchev–Trinajstić information content (AvgIpc) is 2.67. The van der Waals surface area contributed by atoms with Crippen LogP contribution in [0.2, 0.25) is 0 Å². The minimum Gasteiger partial charge on any atom is -0.342 e. The van der Waals surface area contributed by atoms with Crippen molar-refractivity contribution in [3.05, 3.63) is 0 Å². The highest BCUT2D eigenvalue weighted by Crippen LogP contribution is 2.17. The molecule has 17 heavy (non-hydrogen) atoms. The van der Waals surface area contributed by atoms with Crippen LogP contribution in [0.15, 0.2) is 0 Å². The molecule has 0 aromatic heterocycles. The topological polar surface area (TPSA) is 32.3 Å². The number of carbonyl (C=O) groups is 1. The van der Waals surface area contributed by atoms with Crippen LogP contribution in [0.1, 0.15) is 52.4 Å². The maximum absolute atomic E-state index is 11.8. The number of hydrogen-bond donors (Lipinski definition) is 1. The summed E-state index contributed by atoms with van der Waals surface area (Å²) in [4.78, 5) is 13.8. The Balaban J connectivity index is 2.10. The Hall–Kier alpha value is -0.570. The van der Waals surface area contributed by atoms with Crippen LogP contribution in [0.4, 0.5) is 0 Å². The molecule has 1 fully saturated rings. The van der Waals surface area contributed by atoms with E-state index in [1.807, 2.05) is 0 Å².